The molecule has 1 aromatic carbocycles. The molecule has 1 heterocycles. The molecule has 1 amide bonds. The Hall–Kier alpha value is -1.55. The first-order valence-electron chi connectivity index (χ1n) is 6.38. The van der Waals surface area contributed by atoms with E-state index >= 15 is 0 Å². The number of para-hydroxylation sites is 1. The molecule has 1 aliphatic rings. The summed E-state index contributed by atoms with van der Waals surface area (Å²) in [6.07, 6.45) is 1.82. The minimum atomic E-state index is -0.0805. The van der Waals surface area contributed by atoms with Gasteiger partial charge in [-0.1, -0.05) is 25.1 Å². The second-order valence-corrected chi connectivity index (χ2v) is 4.41. The summed E-state index contributed by atoms with van der Waals surface area (Å²) < 4.78 is 10.9. The second-order valence-electron chi connectivity index (χ2n) is 4.41. The van der Waals surface area contributed by atoms with E-state index in [1.165, 1.54) is 5.56 Å². The normalized spacial score (nSPS) is 17.1. The number of hydrogen-bond acceptors (Lipinski definition) is 3. The van der Waals surface area contributed by atoms with Crippen LogP contribution in [0.3, 0.4) is 0 Å². The standard InChI is InChI=1S/C14H19NO3/c1-2-7-17-10-14(16)15-9-12-8-11-5-3-4-6-13(11)18-12/h3-6,12H,2,7-10H2,1H3,(H,15,16). The molecule has 0 radical (unpaired) electrons. The predicted molar refractivity (Wildman–Crippen MR) is 68.7 cm³/mol. The molecule has 18 heavy (non-hydrogen) atoms. The fraction of sp³-hybridized carbons (Fsp3) is 0.500. The van der Waals surface area contributed by atoms with Crippen LogP contribution in [-0.4, -0.2) is 31.8 Å². The van der Waals surface area contributed by atoms with E-state index in [4.69, 9.17) is 9.47 Å². The first-order chi connectivity index (χ1) is 8.79. The molecular formula is C14H19NO3. The summed E-state index contributed by atoms with van der Waals surface area (Å²) in [5.41, 5.74) is 1.21. The smallest absolute Gasteiger partial charge is 0.246 e. The number of hydrogen-bond donors (Lipinski definition) is 1. The first-order valence-corrected chi connectivity index (χ1v) is 6.38. The largest absolute Gasteiger partial charge is 0.488 e. The van der Waals surface area contributed by atoms with Gasteiger partial charge in [-0.25, -0.2) is 0 Å². The Bertz CT molecular complexity index is 381. The van der Waals surface area contributed by atoms with Crippen molar-refractivity contribution in [3.05, 3.63) is 29.8 Å². The Morgan fingerprint density at radius 3 is 3.11 bits per heavy atom. The third-order valence-electron chi connectivity index (χ3n) is 2.82. The summed E-state index contributed by atoms with van der Waals surface area (Å²) >= 11 is 0. The third kappa shape index (κ3) is 3.47. The van der Waals surface area contributed by atoms with Gasteiger partial charge in [0, 0.05) is 13.0 Å². The van der Waals surface area contributed by atoms with Gasteiger partial charge in [0.2, 0.25) is 5.91 Å². The fourth-order valence-corrected chi connectivity index (χ4v) is 1.96. The summed E-state index contributed by atoms with van der Waals surface area (Å²) in [7, 11) is 0. The summed E-state index contributed by atoms with van der Waals surface area (Å²) in [4.78, 5) is 11.5. The van der Waals surface area contributed by atoms with Gasteiger partial charge in [0.25, 0.3) is 0 Å². The van der Waals surface area contributed by atoms with E-state index in [9.17, 15) is 4.79 Å². The Labute approximate surface area is 107 Å². The third-order valence-corrected chi connectivity index (χ3v) is 2.82. The molecule has 0 saturated carbocycles. The van der Waals surface area contributed by atoms with E-state index in [2.05, 4.69) is 11.4 Å². The van der Waals surface area contributed by atoms with Gasteiger partial charge in [0.05, 0.1) is 6.54 Å². The van der Waals surface area contributed by atoms with Crippen molar-refractivity contribution in [3.63, 3.8) is 0 Å². The molecule has 1 aromatic rings. The van der Waals surface area contributed by atoms with Crippen LogP contribution in [0, 0.1) is 0 Å². The van der Waals surface area contributed by atoms with Gasteiger partial charge in [0.1, 0.15) is 18.5 Å². The Morgan fingerprint density at radius 1 is 1.50 bits per heavy atom. The van der Waals surface area contributed by atoms with Crippen molar-refractivity contribution in [2.24, 2.45) is 0 Å². The maximum absolute atomic E-state index is 11.5. The highest BCUT2D eigenvalue weighted by Crippen LogP contribution is 2.27. The lowest BCUT2D eigenvalue weighted by molar-refractivity contribution is -0.126. The van der Waals surface area contributed by atoms with E-state index in [-0.39, 0.29) is 18.6 Å². The lowest BCUT2D eigenvalue weighted by atomic mass is 10.1. The van der Waals surface area contributed by atoms with E-state index in [1.54, 1.807) is 0 Å². The molecule has 0 fully saturated rings. The molecule has 2 rings (SSSR count). The number of rotatable bonds is 6. The minimum absolute atomic E-state index is 0.0394. The van der Waals surface area contributed by atoms with Crippen molar-refractivity contribution in [3.8, 4) is 5.75 Å². The van der Waals surface area contributed by atoms with Crippen LogP contribution in [0.1, 0.15) is 18.9 Å². The molecule has 1 N–H and O–H groups in total. The molecule has 0 saturated heterocycles. The number of nitrogens with one attached hydrogen (secondary N) is 1. The maximum Gasteiger partial charge on any atom is 0.246 e. The molecular weight excluding hydrogens is 230 g/mol. The highest BCUT2D eigenvalue weighted by atomic mass is 16.5. The zero-order valence-electron chi connectivity index (χ0n) is 10.6. The van der Waals surface area contributed by atoms with Gasteiger partial charge in [-0.3, -0.25) is 4.79 Å². The van der Waals surface area contributed by atoms with Crippen molar-refractivity contribution in [1.29, 1.82) is 0 Å². The number of carbonyl (C=O) groups is 1. The first kappa shape index (κ1) is 12.9. The summed E-state index contributed by atoms with van der Waals surface area (Å²) in [5.74, 6) is 0.849. The molecule has 98 valence electrons. The zero-order chi connectivity index (χ0) is 12.8. The van der Waals surface area contributed by atoms with Crippen LogP contribution in [0.25, 0.3) is 0 Å². The van der Waals surface area contributed by atoms with Gasteiger partial charge >= 0.3 is 0 Å². The molecule has 1 atom stereocenters. The molecule has 0 aliphatic carbocycles. The lowest BCUT2D eigenvalue weighted by Gasteiger charge is -2.11. The average molecular weight is 249 g/mol. The highest BCUT2D eigenvalue weighted by molar-refractivity contribution is 5.77. The van der Waals surface area contributed by atoms with Crippen LogP contribution >= 0.6 is 0 Å². The second kappa shape index (κ2) is 6.40. The van der Waals surface area contributed by atoms with Crippen molar-refractivity contribution >= 4 is 5.91 Å². The quantitative estimate of drug-likeness (QED) is 0.778. The Kier molecular flexibility index (Phi) is 4.59. The number of carbonyl (C=O) groups excluding carboxylic acids is 1. The van der Waals surface area contributed by atoms with Crippen LogP contribution < -0.4 is 10.1 Å². The predicted octanol–water partition coefficient (Wildman–Crippen LogP) is 1.53. The SMILES string of the molecule is CCCOCC(=O)NCC1Cc2ccccc2O1. The van der Waals surface area contributed by atoms with Crippen molar-refractivity contribution in [2.45, 2.75) is 25.9 Å². The molecule has 0 bridgehead atoms. The number of fused-ring (bicyclic) bond motifs is 1. The maximum atomic E-state index is 11.5. The Balaban J connectivity index is 1.69. The zero-order valence-corrected chi connectivity index (χ0v) is 10.6. The van der Waals surface area contributed by atoms with Gasteiger partial charge < -0.3 is 14.8 Å². The number of amides is 1. The molecule has 0 aromatic heterocycles. The topological polar surface area (TPSA) is 47.6 Å². The van der Waals surface area contributed by atoms with Gasteiger partial charge in [0.15, 0.2) is 0 Å². The van der Waals surface area contributed by atoms with Crippen molar-refractivity contribution < 1.29 is 14.3 Å². The van der Waals surface area contributed by atoms with E-state index in [1.807, 2.05) is 25.1 Å². The van der Waals surface area contributed by atoms with E-state index in [0.717, 1.165) is 18.6 Å². The van der Waals surface area contributed by atoms with Crippen LogP contribution in [-0.2, 0) is 16.0 Å². The number of ether oxygens (including phenoxy) is 2. The van der Waals surface area contributed by atoms with E-state index < -0.39 is 0 Å². The van der Waals surface area contributed by atoms with Crippen LogP contribution in [0.15, 0.2) is 24.3 Å². The Morgan fingerprint density at radius 2 is 2.33 bits per heavy atom. The highest BCUT2D eigenvalue weighted by Gasteiger charge is 2.22. The fourth-order valence-electron chi connectivity index (χ4n) is 1.96. The monoisotopic (exact) mass is 249 g/mol. The number of benzene rings is 1. The van der Waals surface area contributed by atoms with Crippen molar-refractivity contribution in [2.75, 3.05) is 19.8 Å². The van der Waals surface area contributed by atoms with Crippen LogP contribution in [0.2, 0.25) is 0 Å². The van der Waals surface area contributed by atoms with Crippen LogP contribution in [0.5, 0.6) is 5.75 Å². The molecule has 4 nitrogen and oxygen atoms in total. The van der Waals surface area contributed by atoms with Gasteiger partial charge in [-0.15, -0.1) is 0 Å². The summed E-state index contributed by atoms with van der Waals surface area (Å²) in [6.45, 7) is 3.30. The van der Waals surface area contributed by atoms with Gasteiger partial charge in [-0.2, -0.15) is 0 Å². The van der Waals surface area contributed by atoms with Crippen molar-refractivity contribution in [1.82, 2.24) is 5.32 Å². The summed E-state index contributed by atoms with van der Waals surface area (Å²) in [6, 6.07) is 7.98. The molecule has 1 aliphatic heterocycles. The van der Waals surface area contributed by atoms with Crippen LogP contribution in [0.4, 0.5) is 0 Å². The van der Waals surface area contributed by atoms with Gasteiger partial charge in [-0.05, 0) is 18.1 Å². The average Bonchev–Trinajstić information content (AvgIpc) is 2.79. The molecule has 4 heteroatoms. The molecule has 0 spiro atoms. The van der Waals surface area contributed by atoms with E-state index in [0.29, 0.717) is 13.2 Å². The minimum Gasteiger partial charge on any atom is -0.488 e. The lowest BCUT2D eigenvalue weighted by Crippen LogP contribution is -2.36. The summed E-state index contributed by atoms with van der Waals surface area (Å²) in [5, 5.41) is 2.83. The molecule has 1 unspecified atom stereocenters.